The fourth-order valence-corrected chi connectivity index (χ4v) is 5.26. The molecule has 2 aromatic heterocycles. The van der Waals surface area contributed by atoms with E-state index < -0.39 is 29.2 Å². The molecule has 1 unspecified atom stereocenters. The van der Waals surface area contributed by atoms with Crippen molar-refractivity contribution in [3.63, 3.8) is 0 Å². The molecule has 2 amide bonds. The maximum absolute atomic E-state index is 14.9. The summed E-state index contributed by atoms with van der Waals surface area (Å²) >= 11 is 0. The number of imidazole rings is 1. The number of nitrogens with one attached hydrogen (secondary N) is 1. The number of nitrogens with two attached hydrogens (primary N) is 1. The van der Waals surface area contributed by atoms with E-state index in [0.29, 0.717) is 23.4 Å². The summed E-state index contributed by atoms with van der Waals surface area (Å²) in [4.78, 5) is 42.9. The largest absolute Gasteiger partial charge is 0.396 e. The first-order valence-electron chi connectivity index (χ1n) is 12.8. The number of rotatable bonds is 10. The summed E-state index contributed by atoms with van der Waals surface area (Å²) in [6.45, 7) is 12.1. The number of aliphatic hydroxyl groups is 1. The second-order valence-corrected chi connectivity index (χ2v) is 11.8. The van der Waals surface area contributed by atoms with Crippen molar-refractivity contribution >= 4 is 29.6 Å². The number of hydrogen-bond acceptors (Lipinski definition) is 6. The molecule has 9 nitrogen and oxygen atoms in total. The Bertz CT molecular complexity index is 1410. The van der Waals surface area contributed by atoms with Gasteiger partial charge in [0.15, 0.2) is 17.8 Å². The van der Waals surface area contributed by atoms with Gasteiger partial charge in [0.2, 0.25) is 5.91 Å². The zero-order valence-electron chi connectivity index (χ0n) is 23.6. The molecule has 3 rings (SSSR count). The van der Waals surface area contributed by atoms with Crippen LogP contribution in [0.2, 0.25) is 0 Å². The van der Waals surface area contributed by atoms with Crippen molar-refractivity contribution in [2.45, 2.75) is 66.0 Å². The van der Waals surface area contributed by atoms with Crippen LogP contribution in [0.15, 0.2) is 30.3 Å². The third-order valence-corrected chi connectivity index (χ3v) is 6.54. The number of pyridine rings is 1. The fourth-order valence-electron chi connectivity index (χ4n) is 5.26. The number of anilines is 1. The lowest BCUT2D eigenvalue weighted by Gasteiger charge is -2.34. The number of fused-ring (bicyclic) bond motifs is 1. The lowest BCUT2D eigenvalue weighted by atomic mass is 9.82. The quantitative estimate of drug-likeness (QED) is 0.331. The van der Waals surface area contributed by atoms with Crippen LogP contribution in [0.3, 0.4) is 0 Å². The van der Waals surface area contributed by atoms with Gasteiger partial charge in [0, 0.05) is 36.0 Å². The molecule has 2 heterocycles. The minimum absolute atomic E-state index is 0.00890. The Morgan fingerprint density at radius 1 is 1.21 bits per heavy atom. The predicted molar refractivity (Wildman–Crippen MR) is 149 cm³/mol. The van der Waals surface area contributed by atoms with Crippen molar-refractivity contribution in [1.29, 1.82) is 0 Å². The van der Waals surface area contributed by atoms with Crippen molar-refractivity contribution in [2.24, 2.45) is 11.1 Å². The molecule has 0 aliphatic rings. The second kappa shape index (κ2) is 11.1. The number of aryl methyl sites for hydroxylation is 1. The Morgan fingerprint density at radius 2 is 1.87 bits per heavy atom. The van der Waals surface area contributed by atoms with Crippen LogP contribution in [0.5, 0.6) is 0 Å². The van der Waals surface area contributed by atoms with Crippen LogP contribution in [-0.4, -0.2) is 62.7 Å². The van der Waals surface area contributed by atoms with Crippen LogP contribution in [-0.2, 0) is 4.79 Å². The Balaban J connectivity index is 2.16. The van der Waals surface area contributed by atoms with E-state index in [9.17, 15) is 23.9 Å². The number of benzene rings is 1. The number of aromatic nitrogens is 2. The van der Waals surface area contributed by atoms with Gasteiger partial charge in [0.1, 0.15) is 17.6 Å². The summed E-state index contributed by atoms with van der Waals surface area (Å²) < 4.78 is 16.6. The van der Waals surface area contributed by atoms with Crippen LogP contribution < -0.4 is 11.1 Å². The molecule has 0 aliphatic heterocycles. The summed E-state index contributed by atoms with van der Waals surface area (Å²) in [7, 11) is 1.39. The highest BCUT2D eigenvalue weighted by Gasteiger charge is 2.30. The van der Waals surface area contributed by atoms with Gasteiger partial charge in [-0.15, -0.1) is 0 Å². The summed E-state index contributed by atoms with van der Waals surface area (Å²) in [5.41, 5.74) is 7.01. The van der Waals surface area contributed by atoms with E-state index in [-0.39, 0.29) is 35.2 Å². The van der Waals surface area contributed by atoms with Crippen LogP contribution in [0.4, 0.5) is 10.2 Å². The molecule has 4 N–H and O–H groups in total. The molecule has 10 heteroatoms. The number of aliphatic hydroxyl groups excluding tert-OH is 1. The molecule has 39 heavy (non-hydrogen) atoms. The third-order valence-electron chi connectivity index (χ3n) is 6.54. The molecule has 0 radical (unpaired) electrons. The fraction of sp³-hybridized carbons (Fsp3) is 0.448. The van der Waals surface area contributed by atoms with Crippen molar-refractivity contribution in [1.82, 2.24) is 14.3 Å². The Kier molecular flexibility index (Phi) is 8.50. The average molecular weight is 540 g/mol. The number of nitrogens with zero attached hydrogens (tertiary/aromatic N) is 3. The summed E-state index contributed by atoms with van der Waals surface area (Å²) in [6.07, 6.45) is 1.32. The van der Waals surface area contributed by atoms with E-state index in [2.05, 4.69) is 44.9 Å². The topological polar surface area (TPSA) is 130 Å². The van der Waals surface area contributed by atoms with Crippen molar-refractivity contribution < 1.29 is 23.9 Å². The Labute approximate surface area is 228 Å². The molecule has 0 bridgehead atoms. The average Bonchev–Trinajstić information content (AvgIpc) is 3.21. The first-order valence-corrected chi connectivity index (χ1v) is 12.8. The summed E-state index contributed by atoms with van der Waals surface area (Å²) in [5.74, 6) is -1.28. The van der Waals surface area contributed by atoms with E-state index in [1.807, 2.05) is 6.92 Å². The molecule has 1 atom stereocenters. The van der Waals surface area contributed by atoms with Gasteiger partial charge in [-0.3, -0.25) is 18.8 Å². The van der Waals surface area contributed by atoms with Gasteiger partial charge in [-0.25, -0.2) is 9.37 Å². The summed E-state index contributed by atoms with van der Waals surface area (Å²) in [5, 5.41) is 12.8. The maximum atomic E-state index is 14.9. The normalized spacial score (nSPS) is 12.8. The maximum Gasteiger partial charge on any atom is 0.255 e. The zero-order chi connectivity index (χ0) is 29.3. The SMILES string of the molecule is Cc1ccc(F)c2nc(-c3ccc(C(=O)N(C)C(CCO)C(N)=O)c(C=O)c3)c(NC(C)(C)CC(C)(C)C)n12. The van der Waals surface area contributed by atoms with E-state index >= 15 is 0 Å². The number of halogens is 1. The molecule has 0 fully saturated rings. The first kappa shape index (κ1) is 29.8. The Hall–Kier alpha value is -3.79. The Morgan fingerprint density at radius 3 is 2.44 bits per heavy atom. The molecule has 1 aromatic carbocycles. The number of primary amides is 1. The van der Waals surface area contributed by atoms with E-state index in [4.69, 9.17) is 5.73 Å². The van der Waals surface area contributed by atoms with Gasteiger partial charge in [-0.05, 0) is 63.3 Å². The van der Waals surface area contributed by atoms with E-state index in [1.165, 1.54) is 25.2 Å². The van der Waals surface area contributed by atoms with Gasteiger partial charge in [0.25, 0.3) is 5.91 Å². The second-order valence-electron chi connectivity index (χ2n) is 11.8. The standard InChI is InChI=1S/C29H38FN5O4/c1-17-8-11-21(30)25-32-23(26(35(17)25)33-29(5,6)16-28(2,3)4)18-9-10-20(19(14-18)15-37)27(39)34(7)22(12-13-36)24(31)38/h8-11,14-15,22,33,36H,12-13,16H2,1-7H3,(H2,31,38). The number of carbonyl (C=O) groups excluding carboxylic acids is 3. The highest BCUT2D eigenvalue weighted by Crippen LogP contribution is 2.36. The molecule has 0 saturated carbocycles. The van der Waals surface area contributed by atoms with Gasteiger partial charge in [0.05, 0.1) is 5.56 Å². The lowest BCUT2D eigenvalue weighted by molar-refractivity contribution is -0.122. The number of aldehydes is 1. The predicted octanol–water partition coefficient (Wildman–Crippen LogP) is 4.20. The van der Waals surface area contributed by atoms with Gasteiger partial charge in [-0.1, -0.05) is 26.8 Å². The first-order chi connectivity index (χ1) is 18.1. The molecule has 0 aliphatic carbocycles. The minimum Gasteiger partial charge on any atom is -0.396 e. The molecule has 210 valence electrons. The van der Waals surface area contributed by atoms with Gasteiger partial charge >= 0.3 is 0 Å². The van der Waals surface area contributed by atoms with Crippen LogP contribution in [0.25, 0.3) is 16.9 Å². The number of carbonyl (C=O) groups is 3. The third kappa shape index (κ3) is 6.44. The van der Waals surface area contributed by atoms with Gasteiger partial charge < -0.3 is 21.1 Å². The zero-order valence-corrected chi connectivity index (χ0v) is 23.6. The minimum atomic E-state index is -1.04. The molecule has 0 saturated heterocycles. The molecule has 0 spiro atoms. The summed E-state index contributed by atoms with van der Waals surface area (Å²) in [6, 6.07) is 6.64. The molecular weight excluding hydrogens is 501 g/mol. The smallest absolute Gasteiger partial charge is 0.255 e. The van der Waals surface area contributed by atoms with E-state index in [0.717, 1.165) is 17.0 Å². The highest BCUT2D eigenvalue weighted by atomic mass is 19.1. The van der Waals surface area contributed by atoms with Crippen LogP contribution >= 0.6 is 0 Å². The van der Waals surface area contributed by atoms with Crippen molar-refractivity contribution in [3.8, 4) is 11.3 Å². The lowest BCUT2D eigenvalue weighted by Crippen LogP contribution is -2.46. The van der Waals surface area contributed by atoms with E-state index in [1.54, 1.807) is 16.5 Å². The number of likely N-dealkylation sites (N-methyl/N-ethyl adjacent to an activating group) is 1. The number of hydrogen-bond donors (Lipinski definition) is 3. The monoisotopic (exact) mass is 539 g/mol. The highest BCUT2D eigenvalue weighted by molar-refractivity contribution is 6.04. The van der Waals surface area contributed by atoms with Crippen molar-refractivity contribution in [2.75, 3.05) is 19.0 Å². The number of amides is 2. The molecular formula is C29H38FN5O4. The van der Waals surface area contributed by atoms with Crippen molar-refractivity contribution in [3.05, 3.63) is 53.0 Å². The van der Waals surface area contributed by atoms with Crippen LogP contribution in [0, 0.1) is 18.2 Å². The van der Waals surface area contributed by atoms with Gasteiger partial charge in [-0.2, -0.15) is 0 Å². The van der Waals surface area contributed by atoms with Crippen LogP contribution in [0.1, 0.15) is 73.9 Å². The molecule has 3 aromatic rings.